The number of piperazine rings is 2. The number of imidazole rings is 2. The molecule has 0 radical (unpaired) electrons. The number of carbonyl (C=O) groups excluding carboxylic acids is 2. The zero-order valence-electron chi connectivity index (χ0n) is 51.8. The summed E-state index contributed by atoms with van der Waals surface area (Å²) in [7, 11) is 1.04. The largest absolute Gasteiger partial charge is 0.405 e. The predicted molar refractivity (Wildman–Crippen MR) is 363 cm³/mol. The van der Waals surface area contributed by atoms with Crippen LogP contribution in [0.1, 0.15) is 46.0 Å². The standard InChI is InChI=1S/C41H45ClFN7O2SSi.C25H27ClFN7O2S/c1-6-34-39(47(5)40-45-35(28-53-40)29-17-19-30(43)20-18-29)50-36(44-34)21-22-37(46-50)48-23-24-49(38(51)25-42)31(26-48)27-52-54(41(2,3)4,32-13-9-7-10-14-32)33-15-11-8-12-16-33;1-3-19-24(31(2)25-29-20(15-37-25)16-4-6-17(27)7-5-16)34-21(28-19)8-9-22(30-34)32-10-11-33(23(36)12-26)18(13-32)14-35/h7-22,28,31H,6,23-27H2,1-5H3;4-9,15,18,35H,3,10-14H2,1-2H3/t31-;18-/m00/s1. The van der Waals surface area contributed by atoms with E-state index in [-0.39, 0.29) is 58.9 Å². The van der Waals surface area contributed by atoms with E-state index in [0.717, 1.165) is 73.1 Å². The van der Waals surface area contributed by atoms with E-state index in [0.29, 0.717) is 64.4 Å². The second-order valence-corrected chi connectivity index (χ2v) is 29.9. The summed E-state index contributed by atoms with van der Waals surface area (Å²) in [5.74, 6) is 2.09. The molecule has 1 N–H and O–H groups in total. The molecule has 0 aliphatic carbocycles. The summed E-state index contributed by atoms with van der Waals surface area (Å²) in [6, 6.07) is 41.0. The molecular weight excluding hydrogens is 1250 g/mol. The van der Waals surface area contributed by atoms with Crippen molar-refractivity contribution >= 4 is 121 Å². The first kappa shape index (κ1) is 64.6. The van der Waals surface area contributed by atoms with Gasteiger partial charge in [0, 0.05) is 75.3 Å². The molecule has 4 aromatic carbocycles. The van der Waals surface area contributed by atoms with Crippen LogP contribution in [0.3, 0.4) is 0 Å². The number of carbonyl (C=O) groups is 2. The summed E-state index contributed by atoms with van der Waals surface area (Å²) in [6.45, 7) is 14.2. The number of anilines is 6. The number of benzene rings is 4. The van der Waals surface area contributed by atoms with E-state index in [4.69, 9.17) is 57.8 Å². The van der Waals surface area contributed by atoms with Crippen molar-refractivity contribution in [1.29, 1.82) is 0 Å². The topological polar surface area (TPSA) is 169 Å². The molecule has 2 amide bonds. The fraction of sp³-hybridized carbons (Fsp3) is 0.333. The summed E-state index contributed by atoms with van der Waals surface area (Å²) in [6.07, 6.45) is 1.41. The number of amides is 2. The lowest BCUT2D eigenvalue weighted by molar-refractivity contribution is -0.132. The first-order valence-electron chi connectivity index (χ1n) is 30.2. The lowest BCUT2D eigenvalue weighted by atomic mass is 10.1. The quantitative estimate of drug-likeness (QED) is 0.0636. The van der Waals surface area contributed by atoms with Crippen molar-refractivity contribution in [2.45, 2.75) is 64.6 Å². The molecule has 0 saturated carbocycles. The van der Waals surface area contributed by atoms with Crippen LogP contribution in [0.2, 0.25) is 5.04 Å². The van der Waals surface area contributed by atoms with E-state index in [2.05, 4.69) is 86.0 Å². The summed E-state index contributed by atoms with van der Waals surface area (Å²) >= 11 is 14.9. The molecule has 2 saturated heterocycles. The maximum atomic E-state index is 13.6. The predicted octanol–water partition coefficient (Wildman–Crippen LogP) is 10.7. The van der Waals surface area contributed by atoms with Gasteiger partial charge in [0.1, 0.15) is 35.0 Å². The third kappa shape index (κ3) is 13.3. The molecular formula is C66H72Cl2F2N14O4S2Si. The van der Waals surface area contributed by atoms with Gasteiger partial charge in [-0.25, -0.2) is 28.7 Å². The molecule has 8 heterocycles. The number of nitrogens with zero attached hydrogens (tertiary/aromatic N) is 14. The number of aliphatic hydroxyl groups is 1. The van der Waals surface area contributed by atoms with Gasteiger partial charge in [0.25, 0.3) is 8.32 Å². The number of thiazole rings is 2. The Balaban J connectivity index is 0.000000200. The Morgan fingerprint density at radius 1 is 0.604 bits per heavy atom. The minimum absolute atomic E-state index is 0.0932. The van der Waals surface area contributed by atoms with E-state index < -0.39 is 8.32 Å². The number of hydrogen-bond acceptors (Lipinski definition) is 16. The van der Waals surface area contributed by atoms with Crippen LogP contribution in [-0.2, 0) is 26.9 Å². The zero-order valence-corrected chi connectivity index (χ0v) is 55.9. The van der Waals surface area contributed by atoms with E-state index in [9.17, 15) is 23.5 Å². The monoisotopic (exact) mass is 1320 g/mol. The Bertz CT molecular complexity index is 4100. The van der Waals surface area contributed by atoms with Gasteiger partial charge in [-0.05, 0) is 101 Å². The smallest absolute Gasteiger partial charge is 0.261 e. The van der Waals surface area contributed by atoms with Gasteiger partial charge in [-0.15, -0.1) is 56.1 Å². The molecule has 474 valence electrons. The first-order chi connectivity index (χ1) is 44.0. The molecule has 2 aliphatic rings. The summed E-state index contributed by atoms with van der Waals surface area (Å²) in [5, 5.41) is 27.6. The Hall–Kier alpha value is -7.90. The lowest BCUT2D eigenvalue weighted by Crippen LogP contribution is -2.68. The number of halogens is 4. The van der Waals surface area contributed by atoms with Crippen LogP contribution in [0, 0.1) is 11.6 Å². The first-order valence-corrected chi connectivity index (χ1v) is 34.9. The summed E-state index contributed by atoms with van der Waals surface area (Å²) in [5.41, 5.74) is 6.47. The molecule has 0 unspecified atom stereocenters. The number of rotatable bonds is 18. The van der Waals surface area contributed by atoms with Gasteiger partial charge < -0.3 is 38.9 Å². The molecule has 10 aromatic rings. The molecule has 25 heteroatoms. The molecule has 2 aliphatic heterocycles. The van der Waals surface area contributed by atoms with Crippen LogP contribution in [0.25, 0.3) is 33.8 Å². The maximum absolute atomic E-state index is 13.6. The van der Waals surface area contributed by atoms with Gasteiger partial charge in [-0.3, -0.25) is 9.59 Å². The Kier molecular flexibility index (Phi) is 19.8. The van der Waals surface area contributed by atoms with Crippen molar-refractivity contribution in [3.63, 3.8) is 0 Å². The third-order valence-electron chi connectivity index (χ3n) is 16.8. The molecule has 12 rings (SSSR count). The molecule has 0 spiro atoms. The van der Waals surface area contributed by atoms with Crippen LogP contribution in [-0.4, -0.2) is 165 Å². The lowest BCUT2D eigenvalue weighted by Gasteiger charge is -2.46. The van der Waals surface area contributed by atoms with Gasteiger partial charge in [0.05, 0.1) is 48.1 Å². The van der Waals surface area contributed by atoms with E-state index in [1.807, 2.05) is 91.9 Å². The fourth-order valence-corrected chi connectivity index (χ4v) is 18.6. The minimum atomic E-state index is -2.87. The number of hydrogen-bond donors (Lipinski definition) is 1. The average Bonchev–Trinajstić information content (AvgIpc) is 1.15. The van der Waals surface area contributed by atoms with E-state index in [1.54, 1.807) is 29.2 Å². The highest BCUT2D eigenvalue weighted by molar-refractivity contribution is 7.14. The van der Waals surface area contributed by atoms with Crippen LogP contribution in [0.15, 0.2) is 144 Å². The molecule has 0 bridgehead atoms. The average molecular weight is 1330 g/mol. The number of alkyl halides is 2. The van der Waals surface area contributed by atoms with Crippen molar-refractivity contribution in [3.8, 4) is 22.5 Å². The van der Waals surface area contributed by atoms with E-state index >= 15 is 0 Å². The van der Waals surface area contributed by atoms with E-state index in [1.165, 1.54) is 57.3 Å². The van der Waals surface area contributed by atoms with Gasteiger partial charge in [0.2, 0.25) is 11.8 Å². The van der Waals surface area contributed by atoms with Crippen LogP contribution in [0.5, 0.6) is 0 Å². The maximum Gasteiger partial charge on any atom is 0.261 e. The van der Waals surface area contributed by atoms with Crippen molar-refractivity contribution in [1.82, 2.24) is 49.0 Å². The van der Waals surface area contributed by atoms with Gasteiger partial charge in [-0.1, -0.05) is 95.3 Å². The van der Waals surface area contributed by atoms with Crippen LogP contribution >= 0.6 is 45.9 Å². The van der Waals surface area contributed by atoms with Crippen molar-refractivity contribution in [2.75, 3.05) is 97.9 Å². The molecule has 18 nitrogen and oxygen atoms in total. The molecule has 2 fully saturated rings. The number of fused-ring (bicyclic) bond motifs is 2. The van der Waals surface area contributed by atoms with Gasteiger partial charge >= 0.3 is 0 Å². The fourth-order valence-electron chi connectivity index (χ4n) is 12.1. The van der Waals surface area contributed by atoms with Crippen LogP contribution in [0.4, 0.5) is 42.3 Å². The molecule has 2 atom stereocenters. The van der Waals surface area contributed by atoms with Crippen molar-refractivity contribution in [3.05, 3.63) is 167 Å². The minimum Gasteiger partial charge on any atom is -0.405 e. The highest BCUT2D eigenvalue weighted by atomic mass is 35.5. The zero-order chi connectivity index (χ0) is 64.1. The second-order valence-electron chi connectivity index (χ2n) is 23.4. The Morgan fingerprint density at radius 3 is 1.42 bits per heavy atom. The molecule has 6 aromatic heterocycles. The third-order valence-corrected chi connectivity index (χ3v) is 24.1. The highest BCUT2D eigenvalue weighted by Crippen LogP contribution is 2.39. The second kappa shape index (κ2) is 27.9. The normalized spacial score (nSPS) is 15.5. The van der Waals surface area contributed by atoms with Crippen LogP contribution < -0.4 is 30.0 Å². The van der Waals surface area contributed by atoms with Crippen molar-refractivity contribution < 1.29 is 27.9 Å². The number of aromatic nitrogens is 8. The summed E-state index contributed by atoms with van der Waals surface area (Å²) in [4.78, 5) is 56.7. The SMILES string of the molecule is CCc1nc2ccc(N3CCN(C(=O)CCl)[C@H](CO)C3)nn2c1N(C)c1nc(-c2ccc(F)cc2)cs1.CCc1nc2ccc(N3CCN(C(=O)CCl)[C@H](CO[Si](c4ccccc4)(c4ccccc4)C(C)(C)C)C3)nn2c1N(C)c1nc(-c2ccc(F)cc2)cs1. The Labute approximate surface area is 547 Å². The Morgan fingerprint density at radius 2 is 1.02 bits per heavy atom. The van der Waals surface area contributed by atoms with Gasteiger partial charge in [0.15, 0.2) is 33.2 Å². The highest BCUT2D eigenvalue weighted by Gasteiger charge is 2.51. The van der Waals surface area contributed by atoms with Crippen molar-refractivity contribution in [2.24, 2.45) is 0 Å². The molecule has 91 heavy (non-hydrogen) atoms. The number of aryl methyl sites for hydroxylation is 2. The summed E-state index contributed by atoms with van der Waals surface area (Å²) < 4.78 is 38.0. The number of aliphatic hydroxyl groups excluding tert-OH is 1. The van der Waals surface area contributed by atoms with Gasteiger partial charge in [-0.2, -0.15) is 9.03 Å².